The first-order valence-electron chi connectivity index (χ1n) is 7.60. The van der Waals surface area contributed by atoms with E-state index in [1.165, 1.54) is 4.73 Å². The van der Waals surface area contributed by atoms with Crippen LogP contribution in [0, 0.1) is 18.3 Å². The number of hydrogen-bond acceptors (Lipinski definition) is 4. The van der Waals surface area contributed by atoms with Gasteiger partial charge < -0.3 is 9.94 Å². The molecule has 1 heterocycles. The summed E-state index contributed by atoms with van der Waals surface area (Å²) >= 11 is 0. The number of aryl methyl sites for hydroxylation is 1. The van der Waals surface area contributed by atoms with Crippen molar-refractivity contribution in [3.05, 3.63) is 77.1 Å². The fourth-order valence-corrected chi connectivity index (χ4v) is 2.50. The first kappa shape index (κ1) is 16.3. The van der Waals surface area contributed by atoms with Gasteiger partial charge in [-0.25, -0.2) is 9.78 Å². The molecule has 0 unspecified atom stereocenters. The molecule has 0 fully saturated rings. The Morgan fingerprint density at radius 2 is 2.00 bits per heavy atom. The minimum Gasteiger partial charge on any atom is -0.476 e. The van der Waals surface area contributed by atoms with Crippen molar-refractivity contribution in [1.29, 1.82) is 5.26 Å². The fourth-order valence-electron chi connectivity index (χ4n) is 2.50. The normalized spacial score (nSPS) is 10.2. The summed E-state index contributed by atoms with van der Waals surface area (Å²) in [6.45, 7) is 1.81. The third-order valence-electron chi connectivity index (χ3n) is 3.67. The number of benzene rings is 2. The van der Waals surface area contributed by atoms with Crippen LogP contribution in [0.3, 0.4) is 0 Å². The molecular weight excluding hydrogens is 318 g/mol. The molecule has 0 saturated heterocycles. The zero-order chi connectivity index (χ0) is 17.8. The van der Waals surface area contributed by atoms with E-state index in [1.54, 1.807) is 31.2 Å². The molecular formula is C19H15N3O3. The Morgan fingerprint density at radius 1 is 1.24 bits per heavy atom. The lowest BCUT2D eigenvalue weighted by atomic mass is 10.1. The summed E-state index contributed by atoms with van der Waals surface area (Å²) in [7, 11) is 0. The molecule has 0 atom stereocenters. The third kappa shape index (κ3) is 3.35. The van der Waals surface area contributed by atoms with Gasteiger partial charge in [0.15, 0.2) is 11.5 Å². The smallest absolute Gasteiger partial charge is 0.357 e. The van der Waals surface area contributed by atoms with Gasteiger partial charge >= 0.3 is 5.97 Å². The average molecular weight is 333 g/mol. The number of rotatable bonds is 5. The monoisotopic (exact) mass is 333 g/mol. The Morgan fingerprint density at radius 3 is 2.68 bits per heavy atom. The predicted molar refractivity (Wildman–Crippen MR) is 90.8 cm³/mol. The summed E-state index contributed by atoms with van der Waals surface area (Å²) in [5, 5.41) is 18.6. The van der Waals surface area contributed by atoms with Crippen LogP contribution in [0.15, 0.2) is 54.6 Å². The predicted octanol–water partition coefficient (Wildman–Crippen LogP) is 3.06. The fraction of sp³-hybridized carbons (Fsp3) is 0.105. The Balaban J connectivity index is 2.04. The van der Waals surface area contributed by atoms with Gasteiger partial charge in [0.2, 0.25) is 0 Å². The van der Waals surface area contributed by atoms with Gasteiger partial charge in [0.1, 0.15) is 6.61 Å². The second-order valence-electron chi connectivity index (χ2n) is 5.42. The van der Waals surface area contributed by atoms with E-state index in [0.717, 1.165) is 5.56 Å². The molecule has 3 rings (SSSR count). The first-order valence-corrected chi connectivity index (χ1v) is 7.60. The molecule has 1 aromatic heterocycles. The zero-order valence-corrected chi connectivity index (χ0v) is 13.5. The Labute approximate surface area is 144 Å². The molecule has 6 nitrogen and oxygen atoms in total. The number of hydrogen-bond donors (Lipinski definition) is 1. The molecule has 0 aliphatic carbocycles. The van der Waals surface area contributed by atoms with Gasteiger partial charge in [-0.05, 0) is 24.6 Å². The maximum Gasteiger partial charge on any atom is 0.357 e. The summed E-state index contributed by atoms with van der Waals surface area (Å²) in [5.74, 6) is -0.774. The number of carboxylic acids is 1. The molecule has 0 radical (unpaired) electrons. The van der Waals surface area contributed by atoms with Crippen LogP contribution in [0.25, 0.3) is 11.4 Å². The molecule has 124 valence electrons. The first-order chi connectivity index (χ1) is 12.1. The molecule has 25 heavy (non-hydrogen) atoms. The minimum atomic E-state index is -1.12. The van der Waals surface area contributed by atoms with E-state index >= 15 is 0 Å². The highest BCUT2D eigenvalue weighted by Gasteiger charge is 2.22. The summed E-state index contributed by atoms with van der Waals surface area (Å²) in [5.41, 5.74) is 2.29. The van der Waals surface area contributed by atoms with Crippen LogP contribution in [0.1, 0.15) is 27.3 Å². The van der Waals surface area contributed by atoms with Crippen molar-refractivity contribution in [2.75, 3.05) is 0 Å². The minimum absolute atomic E-state index is 0.0340. The van der Waals surface area contributed by atoms with Gasteiger partial charge in [-0.1, -0.05) is 42.5 Å². The van der Waals surface area contributed by atoms with Crippen molar-refractivity contribution in [3.63, 3.8) is 0 Å². The number of aromatic nitrogens is 2. The van der Waals surface area contributed by atoms with Gasteiger partial charge in [-0.3, -0.25) is 0 Å². The molecule has 0 aliphatic rings. The van der Waals surface area contributed by atoms with Crippen LogP contribution in [0.5, 0.6) is 0 Å². The van der Waals surface area contributed by atoms with E-state index in [9.17, 15) is 9.90 Å². The highest BCUT2D eigenvalue weighted by atomic mass is 16.7. The quantitative estimate of drug-likeness (QED) is 0.775. The summed E-state index contributed by atoms with van der Waals surface area (Å²) in [4.78, 5) is 21.7. The van der Waals surface area contributed by atoms with E-state index in [2.05, 4.69) is 11.1 Å². The summed E-state index contributed by atoms with van der Waals surface area (Å²) < 4.78 is 1.22. The van der Waals surface area contributed by atoms with E-state index in [0.29, 0.717) is 22.6 Å². The van der Waals surface area contributed by atoms with Crippen molar-refractivity contribution < 1.29 is 14.7 Å². The maximum atomic E-state index is 11.6. The third-order valence-corrected chi connectivity index (χ3v) is 3.67. The average Bonchev–Trinajstić information content (AvgIpc) is 2.97. The van der Waals surface area contributed by atoms with E-state index in [1.807, 2.05) is 30.3 Å². The number of aromatic carboxylic acids is 1. The van der Waals surface area contributed by atoms with Crippen molar-refractivity contribution in [1.82, 2.24) is 9.71 Å². The van der Waals surface area contributed by atoms with Crippen LogP contribution in [0.2, 0.25) is 0 Å². The second-order valence-corrected chi connectivity index (χ2v) is 5.42. The van der Waals surface area contributed by atoms with E-state index in [-0.39, 0.29) is 12.3 Å². The van der Waals surface area contributed by atoms with Gasteiger partial charge in [-0.15, -0.1) is 0 Å². The molecule has 0 amide bonds. The molecule has 1 N–H and O–H groups in total. The molecule has 0 spiro atoms. The highest BCUT2D eigenvalue weighted by Crippen LogP contribution is 2.23. The molecule has 0 bridgehead atoms. The SMILES string of the molecule is Cc1nc(-c2cccc(C#N)c2)n(OCc2ccccc2)c1C(=O)O. The van der Waals surface area contributed by atoms with Gasteiger partial charge in [-0.2, -0.15) is 9.99 Å². The number of carboxylic acid groups (broad SMARTS) is 1. The van der Waals surface area contributed by atoms with Crippen LogP contribution in [0.4, 0.5) is 0 Å². The van der Waals surface area contributed by atoms with Crippen molar-refractivity contribution in [2.45, 2.75) is 13.5 Å². The number of carbonyl (C=O) groups is 1. The summed E-state index contributed by atoms with van der Waals surface area (Å²) in [6, 6.07) is 18.3. The Kier molecular flexibility index (Phi) is 4.48. The molecule has 2 aromatic carbocycles. The topological polar surface area (TPSA) is 88.1 Å². The number of nitrogens with zero attached hydrogens (tertiary/aromatic N) is 3. The highest BCUT2D eigenvalue weighted by molar-refractivity contribution is 5.88. The standard InChI is InChI=1S/C19H15N3O3/c1-13-17(19(23)24)22(25-12-14-6-3-2-4-7-14)18(21-13)16-9-5-8-15(10-16)11-20/h2-10H,12H2,1H3,(H,23,24). The van der Waals surface area contributed by atoms with Gasteiger partial charge in [0.25, 0.3) is 0 Å². The van der Waals surface area contributed by atoms with Gasteiger partial charge in [0, 0.05) is 5.56 Å². The zero-order valence-electron chi connectivity index (χ0n) is 13.5. The lowest BCUT2D eigenvalue weighted by molar-refractivity contribution is 0.0574. The lowest BCUT2D eigenvalue weighted by Crippen LogP contribution is -2.19. The molecule has 0 aliphatic heterocycles. The van der Waals surface area contributed by atoms with Crippen LogP contribution in [-0.2, 0) is 6.61 Å². The van der Waals surface area contributed by atoms with Crippen LogP contribution in [-0.4, -0.2) is 20.8 Å². The summed E-state index contributed by atoms with van der Waals surface area (Å²) in [6.07, 6.45) is 0. The lowest BCUT2D eigenvalue weighted by Gasteiger charge is -2.12. The van der Waals surface area contributed by atoms with Crippen LogP contribution < -0.4 is 4.84 Å². The van der Waals surface area contributed by atoms with E-state index in [4.69, 9.17) is 10.1 Å². The van der Waals surface area contributed by atoms with Crippen molar-refractivity contribution in [3.8, 4) is 17.5 Å². The van der Waals surface area contributed by atoms with Crippen molar-refractivity contribution in [2.24, 2.45) is 0 Å². The Hall–Kier alpha value is -3.59. The van der Waals surface area contributed by atoms with Crippen molar-refractivity contribution >= 4 is 5.97 Å². The van der Waals surface area contributed by atoms with E-state index < -0.39 is 5.97 Å². The number of nitriles is 1. The Bertz CT molecular complexity index is 956. The molecule has 0 saturated carbocycles. The number of imidazole rings is 1. The largest absolute Gasteiger partial charge is 0.476 e. The molecule has 6 heteroatoms. The van der Waals surface area contributed by atoms with Crippen LogP contribution >= 0.6 is 0 Å². The second kappa shape index (κ2) is 6.89. The van der Waals surface area contributed by atoms with Gasteiger partial charge in [0.05, 0.1) is 17.3 Å². The maximum absolute atomic E-state index is 11.6. The molecule has 3 aromatic rings.